The lowest BCUT2D eigenvalue weighted by Gasteiger charge is -2.67. The zero-order valence-corrected chi connectivity index (χ0v) is 14.7. The van der Waals surface area contributed by atoms with Crippen molar-refractivity contribution in [2.24, 2.45) is 29.1 Å². The lowest BCUT2D eigenvalue weighted by molar-refractivity contribution is -0.150. The lowest BCUT2D eigenvalue weighted by atomic mass is 9.41. The largest absolute Gasteiger partial charge is 0.346 e. The van der Waals surface area contributed by atoms with Crippen molar-refractivity contribution < 1.29 is 4.79 Å². The highest BCUT2D eigenvalue weighted by Gasteiger charge is 2.62. The van der Waals surface area contributed by atoms with Crippen LogP contribution in [0.5, 0.6) is 0 Å². The van der Waals surface area contributed by atoms with Gasteiger partial charge in [0.05, 0.1) is 0 Å². The van der Waals surface area contributed by atoms with Gasteiger partial charge in [-0.05, 0) is 73.7 Å². The molecule has 0 radical (unpaired) electrons. The van der Waals surface area contributed by atoms with Crippen LogP contribution in [-0.4, -0.2) is 11.4 Å². The number of nitrogens with one attached hydrogen (secondary N) is 1. The molecule has 4 aliphatic rings. The Morgan fingerprint density at radius 2 is 1.91 bits per heavy atom. The minimum atomic E-state index is 0.0481. The number of hydrogen-bond acceptors (Lipinski definition) is 1. The summed E-state index contributed by atoms with van der Waals surface area (Å²) in [6.07, 6.45) is 11.8. The molecule has 4 aliphatic carbocycles. The second-order valence-electron chi connectivity index (χ2n) is 8.67. The molecule has 0 aliphatic heterocycles. The fourth-order valence-electron chi connectivity index (χ4n) is 6.80. The summed E-state index contributed by atoms with van der Waals surface area (Å²) >= 11 is 0. The predicted octanol–water partition coefficient (Wildman–Crippen LogP) is 4.70. The van der Waals surface area contributed by atoms with Gasteiger partial charge in [0.25, 0.3) is 0 Å². The number of hydrogen-bond donors (Lipinski definition) is 1. The van der Waals surface area contributed by atoms with Crippen LogP contribution in [0.4, 0.5) is 0 Å². The van der Waals surface area contributed by atoms with E-state index in [1.807, 2.05) is 0 Å². The Balaban J connectivity index is 1.98. The van der Waals surface area contributed by atoms with E-state index in [-0.39, 0.29) is 11.4 Å². The molecule has 0 heterocycles. The van der Waals surface area contributed by atoms with Crippen molar-refractivity contribution in [3.63, 3.8) is 0 Å². The highest BCUT2D eigenvalue weighted by molar-refractivity contribution is 5.87. The van der Waals surface area contributed by atoms with Gasteiger partial charge in [-0.25, -0.2) is 0 Å². The molecule has 3 atom stereocenters. The maximum absolute atomic E-state index is 12.3. The lowest BCUT2D eigenvalue weighted by Crippen LogP contribution is -2.70. The zero-order valence-electron chi connectivity index (χ0n) is 14.7. The molecule has 0 saturated heterocycles. The SMILES string of the molecule is C=CC(=O)NC1(C(CC)CCC)C2CC3CC1CC(C)(C3)C2. The van der Waals surface area contributed by atoms with Gasteiger partial charge in [0.15, 0.2) is 0 Å². The minimum absolute atomic E-state index is 0.0481. The molecule has 3 unspecified atom stereocenters. The number of carbonyl (C=O) groups is 1. The Labute approximate surface area is 136 Å². The summed E-state index contributed by atoms with van der Waals surface area (Å²) in [6, 6.07) is 0. The van der Waals surface area contributed by atoms with Crippen LogP contribution in [-0.2, 0) is 4.79 Å². The van der Waals surface area contributed by atoms with E-state index in [0.717, 1.165) is 5.92 Å². The summed E-state index contributed by atoms with van der Waals surface area (Å²) in [5, 5.41) is 3.52. The van der Waals surface area contributed by atoms with Crippen LogP contribution in [0.25, 0.3) is 0 Å². The normalized spacial score (nSPS) is 43.9. The molecule has 0 spiro atoms. The van der Waals surface area contributed by atoms with Crippen LogP contribution < -0.4 is 5.32 Å². The Morgan fingerprint density at radius 3 is 2.36 bits per heavy atom. The number of carbonyl (C=O) groups excluding carboxylic acids is 1. The molecule has 0 aromatic heterocycles. The van der Waals surface area contributed by atoms with Crippen molar-refractivity contribution in [1.29, 1.82) is 0 Å². The highest BCUT2D eigenvalue weighted by Crippen LogP contribution is 2.65. The van der Waals surface area contributed by atoms with Crippen LogP contribution >= 0.6 is 0 Å². The molecular formula is C20H33NO. The molecule has 4 rings (SSSR count). The molecule has 0 aromatic rings. The molecule has 1 N–H and O–H groups in total. The van der Waals surface area contributed by atoms with Gasteiger partial charge in [-0.3, -0.25) is 4.79 Å². The maximum Gasteiger partial charge on any atom is 0.243 e. The van der Waals surface area contributed by atoms with Crippen LogP contribution in [0.3, 0.4) is 0 Å². The van der Waals surface area contributed by atoms with Gasteiger partial charge < -0.3 is 5.32 Å². The third kappa shape index (κ3) is 2.34. The standard InChI is InChI=1S/C20H33NO/c1-5-8-15(6-2)20(21-18(22)7-3)16-9-14-10-17(20)13-19(4,11-14)12-16/h7,14-17H,3,5-6,8-13H2,1-2,4H3,(H,21,22). The Morgan fingerprint density at radius 1 is 1.27 bits per heavy atom. The fourth-order valence-corrected chi connectivity index (χ4v) is 6.80. The van der Waals surface area contributed by atoms with Gasteiger partial charge in [0.1, 0.15) is 0 Å². The van der Waals surface area contributed by atoms with Crippen LogP contribution in [0.1, 0.15) is 72.1 Å². The molecule has 1 amide bonds. The molecule has 2 heteroatoms. The smallest absolute Gasteiger partial charge is 0.243 e. The molecule has 4 saturated carbocycles. The first-order valence-corrected chi connectivity index (χ1v) is 9.42. The number of rotatable bonds is 6. The van der Waals surface area contributed by atoms with E-state index in [1.165, 1.54) is 57.4 Å². The van der Waals surface area contributed by atoms with Crippen molar-refractivity contribution in [3.8, 4) is 0 Å². The van der Waals surface area contributed by atoms with Crippen molar-refractivity contribution in [1.82, 2.24) is 5.32 Å². The van der Waals surface area contributed by atoms with Crippen molar-refractivity contribution in [2.45, 2.75) is 77.7 Å². The van der Waals surface area contributed by atoms with Gasteiger partial charge >= 0.3 is 0 Å². The summed E-state index contributed by atoms with van der Waals surface area (Å²) in [7, 11) is 0. The summed E-state index contributed by atoms with van der Waals surface area (Å²) in [5.74, 6) is 2.95. The highest BCUT2D eigenvalue weighted by atomic mass is 16.1. The van der Waals surface area contributed by atoms with Gasteiger partial charge in [0, 0.05) is 5.54 Å². The summed E-state index contributed by atoms with van der Waals surface area (Å²) < 4.78 is 0. The number of amides is 1. The van der Waals surface area contributed by atoms with Crippen molar-refractivity contribution >= 4 is 5.91 Å². The average Bonchev–Trinajstić information content (AvgIpc) is 2.47. The van der Waals surface area contributed by atoms with E-state index in [2.05, 4.69) is 32.7 Å². The third-order valence-corrected chi connectivity index (χ3v) is 7.18. The molecule has 4 bridgehead atoms. The molecule has 22 heavy (non-hydrogen) atoms. The predicted molar refractivity (Wildman–Crippen MR) is 91.4 cm³/mol. The van der Waals surface area contributed by atoms with Gasteiger partial charge in [-0.2, -0.15) is 0 Å². The summed E-state index contributed by atoms with van der Waals surface area (Å²) in [6.45, 7) is 10.8. The van der Waals surface area contributed by atoms with Gasteiger partial charge in [0.2, 0.25) is 5.91 Å². The van der Waals surface area contributed by atoms with E-state index < -0.39 is 0 Å². The summed E-state index contributed by atoms with van der Waals surface area (Å²) in [4.78, 5) is 12.3. The van der Waals surface area contributed by atoms with E-state index in [4.69, 9.17) is 0 Å². The first kappa shape index (κ1) is 16.1. The Bertz CT molecular complexity index is 439. The molecule has 0 aromatic carbocycles. The van der Waals surface area contributed by atoms with Gasteiger partial charge in [-0.15, -0.1) is 0 Å². The first-order valence-electron chi connectivity index (χ1n) is 9.42. The van der Waals surface area contributed by atoms with Crippen LogP contribution in [0.15, 0.2) is 12.7 Å². The summed E-state index contributed by atoms with van der Waals surface area (Å²) in [5.41, 5.74) is 0.593. The second kappa shape index (κ2) is 5.69. The maximum atomic E-state index is 12.3. The second-order valence-corrected chi connectivity index (χ2v) is 8.67. The minimum Gasteiger partial charge on any atom is -0.346 e. The zero-order chi connectivity index (χ0) is 16.0. The molecule has 124 valence electrons. The van der Waals surface area contributed by atoms with E-state index in [1.54, 1.807) is 0 Å². The van der Waals surface area contributed by atoms with Crippen molar-refractivity contribution in [3.05, 3.63) is 12.7 Å². The first-order chi connectivity index (χ1) is 10.5. The Hall–Kier alpha value is -0.790. The Kier molecular flexibility index (Phi) is 4.16. The van der Waals surface area contributed by atoms with Crippen LogP contribution in [0, 0.1) is 29.1 Å². The quantitative estimate of drug-likeness (QED) is 0.708. The van der Waals surface area contributed by atoms with Crippen LogP contribution in [0.2, 0.25) is 0 Å². The third-order valence-electron chi connectivity index (χ3n) is 7.18. The van der Waals surface area contributed by atoms with Crippen molar-refractivity contribution in [2.75, 3.05) is 0 Å². The van der Waals surface area contributed by atoms with E-state index in [9.17, 15) is 4.79 Å². The fraction of sp³-hybridized carbons (Fsp3) is 0.850. The van der Waals surface area contributed by atoms with Gasteiger partial charge in [-0.1, -0.05) is 40.2 Å². The monoisotopic (exact) mass is 303 g/mol. The topological polar surface area (TPSA) is 29.1 Å². The van der Waals surface area contributed by atoms with E-state index in [0.29, 0.717) is 23.2 Å². The van der Waals surface area contributed by atoms with E-state index >= 15 is 0 Å². The molecule has 4 fully saturated rings. The molecular weight excluding hydrogens is 270 g/mol. The average molecular weight is 303 g/mol. The molecule has 2 nitrogen and oxygen atoms in total.